The second-order valence-electron chi connectivity index (χ2n) is 8.30. The number of hydrogen-bond acceptors (Lipinski definition) is 7. The normalized spacial score (nSPS) is 13.6. The van der Waals surface area contributed by atoms with Crippen molar-refractivity contribution in [1.82, 2.24) is 4.90 Å². The minimum absolute atomic E-state index is 0.0891. The topological polar surface area (TPSA) is 96.0 Å². The number of carbonyl (C=O) groups is 2. The van der Waals surface area contributed by atoms with E-state index < -0.39 is 21.9 Å². The monoisotopic (exact) mass is 527 g/mol. The van der Waals surface area contributed by atoms with E-state index in [-0.39, 0.29) is 17.0 Å². The fourth-order valence-corrected chi connectivity index (χ4v) is 7.05. The minimum Gasteiger partial charge on any atom is -0.465 e. The Morgan fingerprint density at radius 1 is 1.08 bits per heavy atom. The average molecular weight is 528 g/mol. The van der Waals surface area contributed by atoms with E-state index >= 15 is 0 Å². The minimum atomic E-state index is -3.80. The Labute approximate surface area is 215 Å². The molecular formula is C26H29N3O5S2. The fourth-order valence-electron chi connectivity index (χ4n) is 4.30. The summed E-state index contributed by atoms with van der Waals surface area (Å²) >= 11 is 1.38. The number of thiophene rings is 1. The molecule has 0 aliphatic carbocycles. The number of ether oxygens (including phenoxy) is 1. The van der Waals surface area contributed by atoms with Gasteiger partial charge in [-0.15, -0.1) is 11.3 Å². The zero-order valence-electron chi connectivity index (χ0n) is 20.5. The van der Waals surface area contributed by atoms with Crippen molar-refractivity contribution in [2.75, 3.05) is 36.4 Å². The second kappa shape index (κ2) is 10.8. The number of methoxy groups -OCH3 is 1. The Hall–Kier alpha value is -3.21. The van der Waals surface area contributed by atoms with Crippen molar-refractivity contribution in [3.63, 3.8) is 0 Å². The molecule has 0 saturated heterocycles. The molecule has 190 valence electrons. The number of sulfonamides is 1. The maximum Gasteiger partial charge on any atom is 0.341 e. The van der Waals surface area contributed by atoms with E-state index in [0.29, 0.717) is 22.7 Å². The Kier molecular flexibility index (Phi) is 7.77. The van der Waals surface area contributed by atoms with Crippen molar-refractivity contribution < 1.29 is 22.7 Å². The SMILES string of the molecule is CCN1CCc2c(sc(NC(=O)c3ccc(S(=O)(=O)N(CC)c4ccccc4)cc3)c2C(=O)OC)C1. The van der Waals surface area contributed by atoms with Gasteiger partial charge in [0, 0.05) is 30.1 Å². The Morgan fingerprint density at radius 2 is 1.78 bits per heavy atom. The number of hydrogen-bond donors (Lipinski definition) is 1. The van der Waals surface area contributed by atoms with Crippen molar-refractivity contribution in [2.45, 2.75) is 31.7 Å². The first-order chi connectivity index (χ1) is 17.3. The van der Waals surface area contributed by atoms with Gasteiger partial charge in [-0.3, -0.25) is 14.0 Å². The Bertz CT molecular complexity index is 1350. The number of rotatable bonds is 8. The summed E-state index contributed by atoms with van der Waals surface area (Å²) < 4.78 is 32.8. The van der Waals surface area contributed by atoms with Crippen LogP contribution in [0.4, 0.5) is 10.7 Å². The summed E-state index contributed by atoms with van der Waals surface area (Å²) in [7, 11) is -2.47. The molecule has 0 saturated carbocycles. The van der Waals surface area contributed by atoms with Gasteiger partial charge in [0.1, 0.15) is 5.00 Å². The van der Waals surface area contributed by atoms with E-state index in [2.05, 4.69) is 17.1 Å². The maximum atomic E-state index is 13.2. The van der Waals surface area contributed by atoms with Gasteiger partial charge in [-0.1, -0.05) is 25.1 Å². The standard InChI is InChI=1S/C26H29N3O5S2/c1-4-28-16-15-21-22(17-28)35-25(23(21)26(31)34-3)27-24(30)18-11-13-20(14-12-18)36(32,33)29(5-2)19-9-7-6-8-10-19/h6-14H,4-5,15-17H2,1-3H3,(H,27,30). The highest BCUT2D eigenvalue weighted by atomic mass is 32.2. The number of amides is 1. The lowest BCUT2D eigenvalue weighted by atomic mass is 10.0. The number of para-hydroxylation sites is 1. The Morgan fingerprint density at radius 3 is 2.39 bits per heavy atom. The third-order valence-corrected chi connectivity index (χ3v) is 9.29. The molecule has 1 N–H and O–H groups in total. The van der Waals surface area contributed by atoms with Gasteiger partial charge in [0.25, 0.3) is 15.9 Å². The lowest BCUT2D eigenvalue weighted by Crippen LogP contribution is -2.30. The molecule has 1 amide bonds. The van der Waals surface area contributed by atoms with Crippen molar-refractivity contribution in [3.8, 4) is 0 Å². The molecule has 4 rings (SSSR count). The van der Waals surface area contributed by atoms with Crippen LogP contribution in [0.25, 0.3) is 0 Å². The number of benzene rings is 2. The van der Waals surface area contributed by atoms with E-state index in [1.807, 2.05) is 6.07 Å². The van der Waals surface area contributed by atoms with Crippen LogP contribution in [0.5, 0.6) is 0 Å². The zero-order valence-corrected chi connectivity index (χ0v) is 22.1. The first-order valence-corrected chi connectivity index (χ1v) is 14.0. The summed E-state index contributed by atoms with van der Waals surface area (Å²) in [6.07, 6.45) is 0.710. The van der Waals surface area contributed by atoms with Gasteiger partial charge in [-0.25, -0.2) is 13.2 Å². The highest BCUT2D eigenvalue weighted by molar-refractivity contribution is 7.92. The van der Waals surface area contributed by atoms with Crippen LogP contribution < -0.4 is 9.62 Å². The number of likely N-dealkylation sites (N-methyl/N-ethyl adjacent to an activating group) is 1. The molecule has 0 fully saturated rings. The third-order valence-electron chi connectivity index (χ3n) is 6.24. The average Bonchev–Trinajstić information content (AvgIpc) is 3.25. The molecule has 10 heteroatoms. The number of nitrogens with zero attached hydrogens (tertiary/aromatic N) is 2. The van der Waals surface area contributed by atoms with Crippen LogP contribution in [-0.2, 0) is 27.7 Å². The fraction of sp³-hybridized carbons (Fsp3) is 0.308. The molecule has 0 bridgehead atoms. The summed E-state index contributed by atoms with van der Waals surface area (Å²) in [6.45, 7) is 6.59. The predicted molar refractivity (Wildman–Crippen MR) is 141 cm³/mol. The molecule has 1 aliphatic heterocycles. The summed E-state index contributed by atoms with van der Waals surface area (Å²) in [6, 6.07) is 14.7. The molecule has 2 heterocycles. The van der Waals surface area contributed by atoms with Crippen LogP contribution in [0.3, 0.4) is 0 Å². The largest absolute Gasteiger partial charge is 0.465 e. The van der Waals surface area contributed by atoms with Crippen LogP contribution in [0.15, 0.2) is 59.5 Å². The number of carbonyl (C=O) groups excluding carboxylic acids is 2. The van der Waals surface area contributed by atoms with E-state index in [9.17, 15) is 18.0 Å². The lowest BCUT2D eigenvalue weighted by Gasteiger charge is -2.25. The van der Waals surface area contributed by atoms with E-state index in [1.165, 1.54) is 47.0 Å². The van der Waals surface area contributed by atoms with Gasteiger partial charge in [-0.05, 0) is 61.9 Å². The summed E-state index contributed by atoms with van der Waals surface area (Å²) in [5, 5.41) is 3.30. The van der Waals surface area contributed by atoms with Gasteiger partial charge in [0.2, 0.25) is 0 Å². The molecule has 0 atom stereocenters. The van der Waals surface area contributed by atoms with Gasteiger partial charge in [0.15, 0.2) is 0 Å². The second-order valence-corrected chi connectivity index (χ2v) is 11.3. The highest BCUT2D eigenvalue weighted by Gasteiger charge is 2.29. The number of anilines is 2. The van der Waals surface area contributed by atoms with Gasteiger partial charge in [-0.2, -0.15) is 0 Å². The number of esters is 1. The van der Waals surface area contributed by atoms with Gasteiger partial charge in [0.05, 0.1) is 23.3 Å². The van der Waals surface area contributed by atoms with Crippen molar-refractivity contribution in [3.05, 3.63) is 76.2 Å². The van der Waals surface area contributed by atoms with Crippen LogP contribution in [0.1, 0.15) is 45.0 Å². The molecular weight excluding hydrogens is 498 g/mol. The van der Waals surface area contributed by atoms with Crippen LogP contribution in [-0.4, -0.2) is 51.9 Å². The molecule has 0 unspecified atom stereocenters. The first-order valence-electron chi connectivity index (χ1n) is 11.7. The van der Waals surface area contributed by atoms with Crippen LogP contribution in [0, 0.1) is 0 Å². The molecule has 3 aromatic rings. The van der Waals surface area contributed by atoms with E-state index in [1.54, 1.807) is 31.2 Å². The van der Waals surface area contributed by atoms with Crippen molar-refractivity contribution in [1.29, 1.82) is 0 Å². The molecule has 2 aromatic carbocycles. The number of nitrogens with one attached hydrogen (secondary N) is 1. The Balaban J connectivity index is 1.58. The van der Waals surface area contributed by atoms with Crippen LogP contribution >= 0.6 is 11.3 Å². The maximum absolute atomic E-state index is 13.2. The van der Waals surface area contributed by atoms with Crippen molar-refractivity contribution in [2.24, 2.45) is 0 Å². The van der Waals surface area contributed by atoms with E-state index in [0.717, 1.165) is 30.1 Å². The number of fused-ring (bicyclic) bond motifs is 1. The van der Waals surface area contributed by atoms with Gasteiger partial charge < -0.3 is 10.1 Å². The third kappa shape index (κ3) is 5.02. The highest BCUT2D eigenvalue weighted by Crippen LogP contribution is 2.38. The summed E-state index contributed by atoms with van der Waals surface area (Å²) in [4.78, 5) is 29.0. The molecule has 0 spiro atoms. The summed E-state index contributed by atoms with van der Waals surface area (Å²) in [5.41, 5.74) is 2.19. The molecule has 36 heavy (non-hydrogen) atoms. The lowest BCUT2D eigenvalue weighted by molar-refractivity contribution is 0.0600. The first kappa shape index (κ1) is 25.9. The smallest absolute Gasteiger partial charge is 0.341 e. The summed E-state index contributed by atoms with van der Waals surface area (Å²) in [5.74, 6) is -0.903. The van der Waals surface area contributed by atoms with Gasteiger partial charge >= 0.3 is 5.97 Å². The quantitative estimate of drug-likeness (QED) is 0.437. The molecule has 1 aromatic heterocycles. The predicted octanol–water partition coefficient (Wildman–Crippen LogP) is 4.38. The molecule has 0 radical (unpaired) electrons. The van der Waals surface area contributed by atoms with E-state index in [4.69, 9.17) is 4.74 Å². The molecule has 1 aliphatic rings. The molecule has 8 nitrogen and oxygen atoms in total. The van der Waals surface area contributed by atoms with Crippen LogP contribution in [0.2, 0.25) is 0 Å². The van der Waals surface area contributed by atoms with Crippen molar-refractivity contribution >= 4 is 43.9 Å². The zero-order chi connectivity index (χ0) is 25.9.